The van der Waals surface area contributed by atoms with E-state index in [0.717, 1.165) is 38.9 Å². The van der Waals surface area contributed by atoms with Crippen LogP contribution in [0, 0.1) is 0 Å². The van der Waals surface area contributed by atoms with Gasteiger partial charge in [0.25, 0.3) is 11.8 Å². The first-order chi connectivity index (χ1) is 16.8. The SMILES string of the molecule is CN(C)CCCNS(=O)(=O)c1ccc2c3ccc4c5c(ccc(c6cccc1c62)c53)C(=O)NC4=O. The van der Waals surface area contributed by atoms with Crippen molar-refractivity contribution in [2.24, 2.45) is 0 Å². The Morgan fingerprint density at radius 3 is 1.97 bits per heavy atom. The second kappa shape index (κ2) is 7.71. The minimum absolute atomic E-state index is 0.242. The van der Waals surface area contributed by atoms with Crippen LogP contribution in [0.4, 0.5) is 0 Å². The fourth-order valence-corrected chi connectivity index (χ4v) is 6.58. The summed E-state index contributed by atoms with van der Waals surface area (Å²) in [5.41, 5.74) is 0.939. The Morgan fingerprint density at radius 2 is 1.31 bits per heavy atom. The monoisotopic (exact) mass is 485 g/mol. The van der Waals surface area contributed by atoms with Crippen molar-refractivity contribution < 1.29 is 18.0 Å². The van der Waals surface area contributed by atoms with Gasteiger partial charge in [-0.05, 0) is 77.6 Å². The van der Waals surface area contributed by atoms with Crippen LogP contribution in [0.5, 0.6) is 0 Å². The lowest BCUT2D eigenvalue weighted by atomic mass is 9.85. The Labute approximate surface area is 202 Å². The second-order valence-corrected chi connectivity index (χ2v) is 11.0. The average molecular weight is 486 g/mol. The van der Waals surface area contributed by atoms with E-state index in [2.05, 4.69) is 10.0 Å². The van der Waals surface area contributed by atoms with Gasteiger partial charge in [-0.3, -0.25) is 14.9 Å². The molecule has 0 bridgehead atoms. The molecule has 1 aliphatic heterocycles. The van der Waals surface area contributed by atoms with Crippen molar-refractivity contribution in [3.8, 4) is 0 Å². The van der Waals surface area contributed by atoms with Crippen molar-refractivity contribution >= 4 is 64.9 Å². The molecule has 2 amide bonds. The first kappa shape index (κ1) is 21.9. The largest absolute Gasteiger partial charge is 0.309 e. The van der Waals surface area contributed by atoms with Crippen LogP contribution in [0.1, 0.15) is 27.1 Å². The molecular weight excluding hydrogens is 462 g/mol. The van der Waals surface area contributed by atoms with Crippen molar-refractivity contribution in [1.29, 1.82) is 0 Å². The number of nitrogens with zero attached hydrogens (tertiary/aromatic N) is 1. The first-order valence-electron chi connectivity index (χ1n) is 11.4. The van der Waals surface area contributed by atoms with Gasteiger partial charge in [0.2, 0.25) is 10.0 Å². The maximum Gasteiger partial charge on any atom is 0.258 e. The van der Waals surface area contributed by atoms with Gasteiger partial charge in [0.15, 0.2) is 0 Å². The van der Waals surface area contributed by atoms with E-state index in [1.54, 1.807) is 18.2 Å². The van der Waals surface area contributed by atoms with E-state index >= 15 is 0 Å². The summed E-state index contributed by atoms with van der Waals surface area (Å²) in [6.07, 6.45) is 0.708. The minimum atomic E-state index is -3.72. The van der Waals surface area contributed by atoms with Gasteiger partial charge in [0, 0.05) is 28.4 Å². The highest BCUT2D eigenvalue weighted by Gasteiger charge is 2.28. The number of benzene rings is 5. The lowest BCUT2D eigenvalue weighted by Crippen LogP contribution is -2.34. The standard InChI is InChI=1S/C27H23N3O4S/c1-30(2)14-4-13-28-35(33,34)22-12-11-16-18-8-10-21-25-20(26(31)29-27(21)32)9-7-17(24(18)25)15-5-3-6-19(22)23(15)16/h3,5-12,28H,4,13-14H2,1-2H3,(H,29,31,32). The predicted molar refractivity (Wildman–Crippen MR) is 138 cm³/mol. The summed E-state index contributed by atoms with van der Waals surface area (Å²) >= 11 is 0. The Kier molecular flexibility index (Phi) is 4.83. The van der Waals surface area contributed by atoms with Crippen molar-refractivity contribution in [3.63, 3.8) is 0 Å². The van der Waals surface area contributed by atoms with Crippen LogP contribution in [-0.2, 0) is 10.0 Å². The summed E-state index contributed by atoms with van der Waals surface area (Å²) in [7, 11) is 0.188. The molecule has 7 nitrogen and oxygen atoms in total. The molecule has 8 heteroatoms. The van der Waals surface area contributed by atoms with E-state index in [4.69, 9.17) is 0 Å². The first-order valence-corrected chi connectivity index (χ1v) is 12.9. The fourth-order valence-electron chi connectivity index (χ4n) is 5.30. The Hall–Kier alpha value is -3.59. The third-order valence-electron chi connectivity index (χ3n) is 6.82. The van der Waals surface area contributed by atoms with Crippen LogP contribution in [0.25, 0.3) is 43.1 Å². The smallest absolute Gasteiger partial charge is 0.258 e. The van der Waals surface area contributed by atoms with Gasteiger partial charge in [-0.25, -0.2) is 13.1 Å². The molecule has 0 radical (unpaired) electrons. The fraction of sp³-hybridized carbons (Fsp3) is 0.185. The highest BCUT2D eigenvalue weighted by Crippen LogP contribution is 2.44. The molecule has 0 unspecified atom stereocenters. The van der Waals surface area contributed by atoms with Crippen LogP contribution in [0.2, 0.25) is 0 Å². The summed E-state index contributed by atoms with van der Waals surface area (Å²) in [5.74, 6) is -0.811. The summed E-state index contributed by atoms with van der Waals surface area (Å²) in [6.45, 7) is 1.14. The molecule has 0 saturated heterocycles. The summed E-state index contributed by atoms with van der Waals surface area (Å²) in [4.78, 5) is 27.3. The number of sulfonamides is 1. The number of nitrogens with one attached hydrogen (secondary N) is 2. The van der Waals surface area contributed by atoms with E-state index in [1.807, 2.05) is 55.4 Å². The number of fused-ring (bicyclic) bond motifs is 2. The minimum Gasteiger partial charge on any atom is -0.309 e. The molecule has 1 heterocycles. The molecule has 1 aliphatic rings. The van der Waals surface area contributed by atoms with Gasteiger partial charge in [-0.2, -0.15) is 0 Å². The Balaban J connectivity index is 1.63. The Morgan fingerprint density at radius 1 is 0.743 bits per heavy atom. The molecule has 6 rings (SSSR count). The molecule has 176 valence electrons. The third-order valence-corrected chi connectivity index (χ3v) is 8.34. The molecule has 0 aliphatic carbocycles. The van der Waals surface area contributed by atoms with E-state index in [1.165, 1.54) is 0 Å². The molecule has 0 saturated carbocycles. The van der Waals surface area contributed by atoms with Crippen LogP contribution < -0.4 is 10.0 Å². The molecule has 5 aromatic carbocycles. The number of hydrogen-bond donors (Lipinski definition) is 2. The molecule has 2 N–H and O–H groups in total. The number of amides is 2. The van der Waals surface area contributed by atoms with E-state index in [-0.39, 0.29) is 4.90 Å². The molecule has 0 spiro atoms. The van der Waals surface area contributed by atoms with Crippen molar-refractivity contribution in [2.75, 3.05) is 27.2 Å². The zero-order valence-corrected chi connectivity index (χ0v) is 20.1. The topological polar surface area (TPSA) is 95.6 Å². The number of imide groups is 1. The number of carbonyl (C=O) groups excluding carboxylic acids is 2. The van der Waals surface area contributed by atoms with Crippen LogP contribution in [-0.4, -0.2) is 52.3 Å². The third kappa shape index (κ3) is 3.21. The Bertz CT molecular complexity index is 1740. The average Bonchev–Trinajstić information content (AvgIpc) is 2.83. The highest BCUT2D eigenvalue weighted by molar-refractivity contribution is 7.89. The maximum atomic E-state index is 13.3. The molecule has 35 heavy (non-hydrogen) atoms. The van der Waals surface area contributed by atoms with Crippen LogP contribution in [0.3, 0.4) is 0 Å². The van der Waals surface area contributed by atoms with Gasteiger partial charge in [-0.1, -0.05) is 36.4 Å². The second-order valence-electron chi connectivity index (χ2n) is 9.25. The lowest BCUT2D eigenvalue weighted by molar-refractivity contribution is 0.0845. The zero-order chi connectivity index (χ0) is 24.5. The van der Waals surface area contributed by atoms with Gasteiger partial charge in [-0.15, -0.1) is 0 Å². The summed E-state index contributed by atoms with van der Waals surface area (Å²) in [6, 6.07) is 16.4. The quantitative estimate of drug-likeness (QED) is 0.165. The maximum absolute atomic E-state index is 13.3. The highest BCUT2D eigenvalue weighted by atomic mass is 32.2. The van der Waals surface area contributed by atoms with Crippen LogP contribution in [0.15, 0.2) is 59.5 Å². The van der Waals surface area contributed by atoms with Gasteiger partial charge < -0.3 is 4.90 Å². The predicted octanol–water partition coefficient (Wildman–Crippen LogP) is 3.85. The number of hydrogen-bond acceptors (Lipinski definition) is 5. The van der Waals surface area contributed by atoms with E-state index < -0.39 is 21.8 Å². The molecule has 0 atom stereocenters. The van der Waals surface area contributed by atoms with Crippen molar-refractivity contribution in [3.05, 3.63) is 65.7 Å². The van der Waals surface area contributed by atoms with Gasteiger partial charge in [0.1, 0.15) is 0 Å². The van der Waals surface area contributed by atoms with Crippen LogP contribution >= 0.6 is 0 Å². The van der Waals surface area contributed by atoms with Crippen molar-refractivity contribution in [2.45, 2.75) is 11.3 Å². The van der Waals surface area contributed by atoms with E-state index in [0.29, 0.717) is 34.9 Å². The molecular formula is C27H23N3O4S. The van der Waals surface area contributed by atoms with Crippen molar-refractivity contribution in [1.82, 2.24) is 14.9 Å². The number of rotatable bonds is 6. The van der Waals surface area contributed by atoms with Gasteiger partial charge in [0.05, 0.1) is 4.90 Å². The number of carbonyl (C=O) groups is 2. The molecule has 0 aromatic heterocycles. The molecule has 5 aromatic rings. The van der Waals surface area contributed by atoms with Gasteiger partial charge >= 0.3 is 0 Å². The normalized spacial score (nSPS) is 14.1. The molecule has 0 fully saturated rings. The summed E-state index contributed by atoms with van der Waals surface area (Å²) < 4.78 is 29.3. The lowest BCUT2D eigenvalue weighted by Gasteiger charge is -2.21. The summed E-state index contributed by atoms with van der Waals surface area (Å²) in [5, 5.41) is 8.94. The van der Waals surface area contributed by atoms with E-state index in [9.17, 15) is 18.0 Å². The zero-order valence-electron chi connectivity index (χ0n) is 19.3.